The van der Waals surface area contributed by atoms with Crippen LogP contribution in [0.2, 0.25) is 0 Å². The molecule has 1 fully saturated rings. The zero-order chi connectivity index (χ0) is 21.1. The van der Waals surface area contributed by atoms with Gasteiger partial charge in [0.25, 0.3) is 0 Å². The number of sulfonamides is 1. The lowest BCUT2D eigenvalue weighted by Crippen LogP contribution is -2.53. The zero-order valence-electron chi connectivity index (χ0n) is 15.9. The van der Waals surface area contributed by atoms with E-state index in [9.17, 15) is 26.4 Å². The second-order valence-corrected chi connectivity index (χ2v) is 9.11. The molecule has 28 heavy (non-hydrogen) atoms. The van der Waals surface area contributed by atoms with E-state index in [1.807, 2.05) is 0 Å². The number of hydrogen-bond donors (Lipinski definition) is 2. The van der Waals surface area contributed by atoms with Crippen LogP contribution in [0.5, 0.6) is 0 Å². The normalized spacial score (nSPS) is 19.7. The Bertz CT molecular complexity index is 797. The van der Waals surface area contributed by atoms with Crippen LogP contribution in [-0.4, -0.2) is 44.9 Å². The van der Waals surface area contributed by atoms with Gasteiger partial charge < -0.3 is 10.6 Å². The van der Waals surface area contributed by atoms with Crippen LogP contribution in [0.15, 0.2) is 29.2 Å². The lowest BCUT2D eigenvalue weighted by Gasteiger charge is -2.35. The molecule has 2 atom stereocenters. The van der Waals surface area contributed by atoms with Crippen molar-refractivity contribution in [3.63, 3.8) is 0 Å². The lowest BCUT2D eigenvalue weighted by molar-refractivity contribution is -0.138. The number of piperidine rings is 1. The SMILES string of the molecule is CC(C)[C@@H](NS(=O)(=O)c1cccc(C(F)(F)F)c1)C(=O)N1CCC[C@H](CN)C1. The van der Waals surface area contributed by atoms with E-state index in [1.165, 1.54) is 0 Å². The van der Waals surface area contributed by atoms with Gasteiger partial charge in [0.15, 0.2) is 0 Å². The summed E-state index contributed by atoms with van der Waals surface area (Å²) in [5.41, 5.74) is 4.62. The van der Waals surface area contributed by atoms with Gasteiger partial charge in [-0.25, -0.2) is 8.42 Å². The largest absolute Gasteiger partial charge is 0.416 e. The summed E-state index contributed by atoms with van der Waals surface area (Å²) < 4.78 is 66.3. The number of nitrogens with one attached hydrogen (secondary N) is 1. The van der Waals surface area contributed by atoms with Gasteiger partial charge in [-0.2, -0.15) is 17.9 Å². The Balaban J connectivity index is 2.24. The second kappa shape index (κ2) is 8.79. The molecular formula is C18H26F3N3O3S. The van der Waals surface area contributed by atoms with Crippen LogP contribution in [0.3, 0.4) is 0 Å². The van der Waals surface area contributed by atoms with Gasteiger partial charge in [-0.15, -0.1) is 0 Å². The van der Waals surface area contributed by atoms with E-state index in [0.717, 1.165) is 31.0 Å². The van der Waals surface area contributed by atoms with Crippen molar-refractivity contribution in [2.75, 3.05) is 19.6 Å². The minimum Gasteiger partial charge on any atom is -0.341 e. The van der Waals surface area contributed by atoms with Crippen LogP contribution in [-0.2, 0) is 21.0 Å². The lowest BCUT2D eigenvalue weighted by atomic mass is 9.96. The average Bonchev–Trinajstić information content (AvgIpc) is 2.65. The van der Waals surface area contributed by atoms with Gasteiger partial charge >= 0.3 is 6.18 Å². The highest BCUT2D eigenvalue weighted by Gasteiger charge is 2.35. The summed E-state index contributed by atoms with van der Waals surface area (Å²) in [6.45, 7) is 4.75. The standard InChI is InChI=1S/C18H26F3N3O3S/c1-12(2)16(17(25)24-8-4-5-13(10-22)11-24)23-28(26,27)15-7-3-6-14(9-15)18(19,20)21/h3,6-7,9,12-13,16,23H,4-5,8,10-11,22H2,1-2H3/t13-,16-/m1/s1. The minimum atomic E-state index is -4.66. The first-order chi connectivity index (χ1) is 13.0. The highest BCUT2D eigenvalue weighted by Crippen LogP contribution is 2.30. The first-order valence-corrected chi connectivity index (χ1v) is 10.6. The summed E-state index contributed by atoms with van der Waals surface area (Å²) in [5, 5.41) is 0. The first kappa shape index (κ1) is 22.6. The highest BCUT2D eigenvalue weighted by atomic mass is 32.2. The molecule has 1 aliphatic heterocycles. The van der Waals surface area contributed by atoms with E-state index in [1.54, 1.807) is 18.7 Å². The Kier molecular flexibility index (Phi) is 7.11. The van der Waals surface area contributed by atoms with Crippen LogP contribution in [0, 0.1) is 11.8 Å². The van der Waals surface area contributed by atoms with E-state index < -0.39 is 32.7 Å². The highest BCUT2D eigenvalue weighted by molar-refractivity contribution is 7.89. The molecule has 0 radical (unpaired) electrons. The molecule has 0 aromatic heterocycles. The first-order valence-electron chi connectivity index (χ1n) is 9.14. The molecule has 3 N–H and O–H groups in total. The number of alkyl halides is 3. The summed E-state index contributed by atoms with van der Waals surface area (Å²) >= 11 is 0. The fraction of sp³-hybridized carbons (Fsp3) is 0.611. The van der Waals surface area contributed by atoms with Crippen molar-refractivity contribution in [1.29, 1.82) is 0 Å². The topological polar surface area (TPSA) is 92.5 Å². The second-order valence-electron chi connectivity index (χ2n) is 7.40. The zero-order valence-corrected chi connectivity index (χ0v) is 16.7. The van der Waals surface area contributed by atoms with E-state index in [0.29, 0.717) is 25.7 Å². The molecule has 0 unspecified atom stereocenters. The number of hydrogen-bond acceptors (Lipinski definition) is 4. The summed E-state index contributed by atoms with van der Waals surface area (Å²) in [5.74, 6) is -0.611. The van der Waals surface area contributed by atoms with Gasteiger partial charge in [0.1, 0.15) is 6.04 Å². The van der Waals surface area contributed by atoms with Gasteiger partial charge in [0.05, 0.1) is 10.5 Å². The Morgan fingerprint density at radius 3 is 2.61 bits per heavy atom. The van der Waals surface area contributed by atoms with Crippen LogP contribution >= 0.6 is 0 Å². The van der Waals surface area contributed by atoms with Gasteiger partial charge in [-0.05, 0) is 49.4 Å². The molecule has 1 amide bonds. The smallest absolute Gasteiger partial charge is 0.341 e. The summed E-state index contributed by atoms with van der Waals surface area (Å²) in [7, 11) is -4.31. The fourth-order valence-corrected chi connectivity index (χ4v) is 4.58. The molecule has 0 spiro atoms. The van der Waals surface area contributed by atoms with Crippen LogP contribution in [0.1, 0.15) is 32.3 Å². The number of rotatable bonds is 6. The molecule has 1 saturated heterocycles. The average molecular weight is 421 g/mol. The van der Waals surface area contributed by atoms with Crippen molar-refractivity contribution in [3.05, 3.63) is 29.8 Å². The molecule has 1 aliphatic rings. The molecule has 6 nitrogen and oxygen atoms in total. The van der Waals surface area contributed by atoms with Crippen molar-refractivity contribution in [2.45, 2.75) is 43.8 Å². The fourth-order valence-electron chi connectivity index (χ4n) is 3.20. The molecule has 0 aliphatic carbocycles. The van der Waals surface area contributed by atoms with Gasteiger partial charge in [0, 0.05) is 13.1 Å². The minimum absolute atomic E-state index is 0.158. The predicted octanol–water partition coefficient (Wildman–Crippen LogP) is 2.21. The third kappa shape index (κ3) is 5.45. The number of amides is 1. The van der Waals surface area contributed by atoms with Gasteiger partial charge in [-0.3, -0.25) is 4.79 Å². The van der Waals surface area contributed by atoms with Crippen LogP contribution in [0.4, 0.5) is 13.2 Å². The maximum Gasteiger partial charge on any atom is 0.416 e. The quantitative estimate of drug-likeness (QED) is 0.737. The third-order valence-corrected chi connectivity index (χ3v) is 6.29. The number of benzene rings is 1. The molecule has 1 aromatic carbocycles. The summed E-state index contributed by atoms with van der Waals surface area (Å²) in [6, 6.07) is 2.39. The molecule has 0 saturated carbocycles. The molecule has 1 heterocycles. The number of nitrogens with two attached hydrogens (primary N) is 1. The van der Waals surface area contributed by atoms with Crippen LogP contribution < -0.4 is 10.5 Å². The molecule has 158 valence electrons. The van der Waals surface area contributed by atoms with E-state index in [4.69, 9.17) is 5.73 Å². The number of halogens is 3. The van der Waals surface area contributed by atoms with Crippen molar-refractivity contribution in [1.82, 2.24) is 9.62 Å². The molecular weight excluding hydrogens is 395 g/mol. The number of carbonyl (C=O) groups is 1. The monoisotopic (exact) mass is 421 g/mol. The molecule has 1 aromatic rings. The van der Waals surface area contributed by atoms with Crippen molar-refractivity contribution < 1.29 is 26.4 Å². The maximum absolute atomic E-state index is 12.9. The maximum atomic E-state index is 12.9. The number of likely N-dealkylation sites (tertiary alicyclic amines) is 1. The van der Waals surface area contributed by atoms with E-state index in [-0.39, 0.29) is 17.7 Å². The Morgan fingerprint density at radius 2 is 2.04 bits per heavy atom. The Hall–Kier alpha value is -1.65. The van der Waals surface area contributed by atoms with E-state index in [2.05, 4.69) is 4.72 Å². The Labute approximate surface area is 163 Å². The molecule has 2 rings (SSSR count). The van der Waals surface area contributed by atoms with Crippen molar-refractivity contribution in [2.24, 2.45) is 17.6 Å². The predicted molar refractivity (Wildman–Crippen MR) is 98.7 cm³/mol. The van der Waals surface area contributed by atoms with Crippen LogP contribution in [0.25, 0.3) is 0 Å². The van der Waals surface area contributed by atoms with Crippen molar-refractivity contribution in [3.8, 4) is 0 Å². The summed E-state index contributed by atoms with van der Waals surface area (Å²) in [6.07, 6.45) is -2.98. The Morgan fingerprint density at radius 1 is 1.36 bits per heavy atom. The summed E-state index contributed by atoms with van der Waals surface area (Å²) in [4.78, 5) is 14.0. The van der Waals surface area contributed by atoms with Crippen molar-refractivity contribution >= 4 is 15.9 Å². The molecule has 0 bridgehead atoms. The third-order valence-electron chi connectivity index (χ3n) is 4.85. The molecule has 10 heteroatoms. The number of nitrogens with zero attached hydrogens (tertiary/aromatic N) is 1. The van der Waals surface area contributed by atoms with E-state index >= 15 is 0 Å². The van der Waals surface area contributed by atoms with Gasteiger partial charge in [-0.1, -0.05) is 19.9 Å². The number of carbonyl (C=O) groups excluding carboxylic acids is 1. The van der Waals surface area contributed by atoms with Gasteiger partial charge in [0.2, 0.25) is 15.9 Å².